The van der Waals surface area contributed by atoms with Crippen molar-refractivity contribution in [2.24, 2.45) is 0 Å². The van der Waals surface area contributed by atoms with Gasteiger partial charge in [0.25, 0.3) is 0 Å². The molecule has 0 unspecified atom stereocenters. The van der Waals surface area contributed by atoms with Crippen LogP contribution in [0, 0.1) is 0 Å². The first-order valence-electron chi connectivity index (χ1n) is 8.15. The van der Waals surface area contributed by atoms with E-state index in [9.17, 15) is 8.42 Å². The van der Waals surface area contributed by atoms with Gasteiger partial charge in [0.2, 0.25) is 10.0 Å². The molecule has 0 N–H and O–H groups in total. The molecule has 0 radical (unpaired) electrons. The minimum atomic E-state index is -3.75. The van der Waals surface area contributed by atoms with Gasteiger partial charge in [0.05, 0.1) is 34.5 Å². The third-order valence-electron chi connectivity index (χ3n) is 4.01. The number of halogens is 1. The van der Waals surface area contributed by atoms with E-state index in [1.807, 2.05) is 24.3 Å². The fourth-order valence-corrected chi connectivity index (χ4v) is 5.25. The number of furan rings is 1. The van der Waals surface area contributed by atoms with E-state index in [0.717, 1.165) is 15.2 Å². The molecule has 0 fully saturated rings. The molecule has 0 bridgehead atoms. The summed E-state index contributed by atoms with van der Waals surface area (Å²) in [5.74, 6) is 0.564. The Labute approximate surface area is 165 Å². The van der Waals surface area contributed by atoms with E-state index in [0.29, 0.717) is 10.8 Å². The number of benzene rings is 2. The molecule has 2 aromatic carbocycles. The molecule has 4 aromatic rings. The molecule has 2 heterocycles. The van der Waals surface area contributed by atoms with Gasteiger partial charge in [0, 0.05) is 5.02 Å². The van der Waals surface area contributed by atoms with Crippen LogP contribution in [-0.4, -0.2) is 17.7 Å². The number of fused-ring (bicyclic) bond motifs is 1. The molecular formula is C19H15ClN2O3S2. The van der Waals surface area contributed by atoms with Gasteiger partial charge >= 0.3 is 0 Å². The van der Waals surface area contributed by atoms with E-state index in [-0.39, 0.29) is 18.0 Å². The van der Waals surface area contributed by atoms with Crippen molar-refractivity contribution < 1.29 is 12.8 Å². The van der Waals surface area contributed by atoms with Gasteiger partial charge < -0.3 is 4.42 Å². The molecule has 2 aromatic heterocycles. The smallest absolute Gasteiger partial charge is 0.243 e. The Balaban J connectivity index is 1.70. The lowest BCUT2D eigenvalue weighted by Gasteiger charge is -2.20. The second-order valence-electron chi connectivity index (χ2n) is 5.88. The molecule has 0 aliphatic carbocycles. The van der Waals surface area contributed by atoms with Crippen LogP contribution in [0.1, 0.15) is 10.8 Å². The first-order valence-corrected chi connectivity index (χ1v) is 10.8. The van der Waals surface area contributed by atoms with Crippen LogP contribution in [-0.2, 0) is 23.1 Å². The van der Waals surface area contributed by atoms with Gasteiger partial charge in [-0.1, -0.05) is 23.7 Å². The first kappa shape index (κ1) is 18.2. The predicted molar refractivity (Wildman–Crippen MR) is 106 cm³/mol. The third kappa shape index (κ3) is 3.91. The number of sulfonamides is 1. The summed E-state index contributed by atoms with van der Waals surface area (Å²) in [6.07, 6.45) is 1.53. The summed E-state index contributed by atoms with van der Waals surface area (Å²) in [6, 6.07) is 17.4. The summed E-state index contributed by atoms with van der Waals surface area (Å²) in [7, 11) is -3.75. The minimum absolute atomic E-state index is 0.119. The monoisotopic (exact) mass is 418 g/mol. The number of hydrogen-bond acceptors (Lipinski definition) is 5. The fraction of sp³-hybridized carbons (Fsp3) is 0.105. The molecule has 0 spiro atoms. The zero-order chi connectivity index (χ0) is 18.9. The van der Waals surface area contributed by atoms with Crippen molar-refractivity contribution in [2.45, 2.75) is 18.0 Å². The minimum Gasteiger partial charge on any atom is -0.468 e. The van der Waals surface area contributed by atoms with Crippen molar-refractivity contribution in [1.82, 2.24) is 9.29 Å². The molecule has 0 saturated carbocycles. The second kappa shape index (κ2) is 7.44. The van der Waals surface area contributed by atoms with Crippen molar-refractivity contribution >= 4 is 43.2 Å². The largest absolute Gasteiger partial charge is 0.468 e. The van der Waals surface area contributed by atoms with E-state index < -0.39 is 10.0 Å². The lowest BCUT2D eigenvalue weighted by Crippen LogP contribution is -2.30. The van der Waals surface area contributed by atoms with Gasteiger partial charge in [-0.15, -0.1) is 11.3 Å². The number of nitrogens with zero attached hydrogens (tertiary/aromatic N) is 2. The van der Waals surface area contributed by atoms with E-state index in [1.54, 1.807) is 24.3 Å². The maximum atomic E-state index is 13.2. The number of para-hydroxylation sites is 1. The highest BCUT2D eigenvalue weighted by Crippen LogP contribution is 2.27. The van der Waals surface area contributed by atoms with Crippen LogP contribution in [0.15, 0.2) is 76.2 Å². The van der Waals surface area contributed by atoms with Gasteiger partial charge in [-0.3, -0.25) is 0 Å². The Morgan fingerprint density at radius 1 is 1.00 bits per heavy atom. The van der Waals surface area contributed by atoms with Gasteiger partial charge in [-0.05, 0) is 48.5 Å². The molecule has 0 aliphatic rings. The van der Waals surface area contributed by atoms with E-state index in [1.165, 1.54) is 34.0 Å². The van der Waals surface area contributed by atoms with Crippen LogP contribution >= 0.6 is 22.9 Å². The average molecular weight is 419 g/mol. The summed E-state index contributed by atoms with van der Waals surface area (Å²) in [5.41, 5.74) is 0.860. The third-order valence-corrected chi connectivity index (χ3v) is 7.09. The quantitative estimate of drug-likeness (QED) is 0.445. The van der Waals surface area contributed by atoms with Crippen molar-refractivity contribution in [3.8, 4) is 0 Å². The van der Waals surface area contributed by atoms with Crippen LogP contribution in [0.5, 0.6) is 0 Å². The second-order valence-corrected chi connectivity index (χ2v) is 9.37. The molecular weight excluding hydrogens is 404 g/mol. The fourth-order valence-electron chi connectivity index (χ4n) is 2.70. The number of thiazole rings is 1. The Morgan fingerprint density at radius 3 is 2.48 bits per heavy atom. The summed E-state index contributed by atoms with van der Waals surface area (Å²) in [4.78, 5) is 4.74. The Morgan fingerprint density at radius 2 is 1.78 bits per heavy atom. The van der Waals surface area contributed by atoms with Gasteiger partial charge in [-0.2, -0.15) is 4.31 Å². The Hall–Kier alpha value is -2.19. The molecule has 27 heavy (non-hydrogen) atoms. The molecule has 138 valence electrons. The summed E-state index contributed by atoms with van der Waals surface area (Å²) >= 11 is 7.38. The van der Waals surface area contributed by atoms with Crippen molar-refractivity contribution in [1.29, 1.82) is 0 Å². The molecule has 0 saturated heterocycles. The van der Waals surface area contributed by atoms with Crippen molar-refractivity contribution in [3.05, 3.63) is 82.7 Å². The summed E-state index contributed by atoms with van der Waals surface area (Å²) in [5, 5.41) is 1.21. The lowest BCUT2D eigenvalue weighted by molar-refractivity contribution is 0.358. The number of hydrogen-bond donors (Lipinski definition) is 0. The first-order chi connectivity index (χ1) is 13.0. The molecule has 5 nitrogen and oxygen atoms in total. The van der Waals surface area contributed by atoms with Crippen LogP contribution in [0.3, 0.4) is 0 Å². The maximum Gasteiger partial charge on any atom is 0.243 e. The van der Waals surface area contributed by atoms with Crippen molar-refractivity contribution in [2.75, 3.05) is 0 Å². The van der Waals surface area contributed by atoms with Crippen LogP contribution in [0.2, 0.25) is 5.02 Å². The van der Waals surface area contributed by atoms with Crippen LogP contribution in [0.25, 0.3) is 10.2 Å². The molecule has 0 aliphatic heterocycles. The van der Waals surface area contributed by atoms with Gasteiger partial charge in [0.1, 0.15) is 10.8 Å². The molecule has 0 amide bonds. The van der Waals surface area contributed by atoms with E-state index >= 15 is 0 Å². The SMILES string of the molecule is O=S(=O)(c1ccc(Cl)cc1)N(Cc1ccco1)Cc1nc2ccccc2s1. The summed E-state index contributed by atoms with van der Waals surface area (Å²) < 4.78 is 34.2. The highest BCUT2D eigenvalue weighted by molar-refractivity contribution is 7.89. The number of aromatic nitrogens is 1. The Bertz CT molecular complexity index is 1120. The standard InChI is InChI=1S/C19H15ClN2O3S2/c20-14-7-9-16(10-8-14)27(23,24)22(12-15-4-3-11-25-15)13-19-21-17-5-1-2-6-18(17)26-19/h1-11H,12-13H2. The van der Waals surface area contributed by atoms with Gasteiger partial charge in [-0.25, -0.2) is 13.4 Å². The van der Waals surface area contributed by atoms with Crippen LogP contribution < -0.4 is 0 Å². The molecule has 8 heteroatoms. The highest BCUT2D eigenvalue weighted by atomic mass is 35.5. The average Bonchev–Trinajstić information content (AvgIpc) is 3.30. The Kier molecular flexibility index (Phi) is 5.01. The van der Waals surface area contributed by atoms with E-state index in [2.05, 4.69) is 4.98 Å². The predicted octanol–water partition coefficient (Wildman–Crippen LogP) is 4.93. The lowest BCUT2D eigenvalue weighted by atomic mass is 10.3. The topological polar surface area (TPSA) is 63.4 Å². The summed E-state index contributed by atoms with van der Waals surface area (Å²) in [6.45, 7) is 0.277. The zero-order valence-corrected chi connectivity index (χ0v) is 16.5. The highest BCUT2D eigenvalue weighted by Gasteiger charge is 2.27. The molecule has 0 atom stereocenters. The van der Waals surface area contributed by atoms with Gasteiger partial charge in [0.15, 0.2) is 0 Å². The van der Waals surface area contributed by atoms with E-state index in [4.69, 9.17) is 16.0 Å². The van der Waals surface area contributed by atoms with Crippen LogP contribution in [0.4, 0.5) is 0 Å². The normalized spacial score (nSPS) is 12.1. The molecule has 4 rings (SSSR count). The number of rotatable bonds is 6. The van der Waals surface area contributed by atoms with Crippen molar-refractivity contribution in [3.63, 3.8) is 0 Å². The maximum absolute atomic E-state index is 13.2. The zero-order valence-electron chi connectivity index (χ0n) is 14.1.